The van der Waals surface area contributed by atoms with Gasteiger partial charge >= 0.3 is 7.60 Å². The number of thiazole rings is 1. The lowest BCUT2D eigenvalue weighted by molar-refractivity contribution is 0.102. The molecule has 164 valence electrons. The van der Waals surface area contributed by atoms with Crippen molar-refractivity contribution in [3.05, 3.63) is 64.9 Å². The smallest absolute Gasteiger partial charge is 0.356 e. The Kier molecular flexibility index (Phi) is 7.07. The third kappa shape index (κ3) is 6.60. The van der Waals surface area contributed by atoms with Gasteiger partial charge in [-0.3, -0.25) is 14.7 Å². The van der Waals surface area contributed by atoms with Crippen molar-refractivity contribution < 1.29 is 33.0 Å². The first-order valence-corrected chi connectivity index (χ1v) is 11.6. The molecule has 0 fully saturated rings. The zero-order valence-corrected chi connectivity index (χ0v) is 18.3. The highest BCUT2D eigenvalue weighted by molar-refractivity contribution is 7.60. The summed E-state index contributed by atoms with van der Waals surface area (Å²) in [5, 5.41) is 2.01. The van der Waals surface area contributed by atoms with Crippen LogP contribution in [-0.2, 0) is 11.2 Å². The number of amides is 1. The quantitative estimate of drug-likeness (QED) is 0.433. The maximum absolute atomic E-state index is 13.1. The number of carbonyl (C=O) groups is 1. The van der Waals surface area contributed by atoms with Crippen molar-refractivity contribution in [2.24, 2.45) is 0 Å². The number of aromatic nitrogens is 1. The van der Waals surface area contributed by atoms with E-state index in [1.165, 1.54) is 30.3 Å². The molecule has 0 atom stereocenters. The van der Waals surface area contributed by atoms with Gasteiger partial charge in [0.25, 0.3) is 5.91 Å². The van der Waals surface area contributed by atoms with E-state index >= 15 is 0 Å². The summed E-state index contributed by atoms with van der Waals surface area (Å²) >= 11 is 0.705. The molecule has 3 rings (SSSR count). The maximum Gasteiger partial charge on any atom is 0.356 e. The molecule has 1 amide bonds. The number of carbonyl (C=O) groups excluding carboxylic acids is 1. The molecule has 0 aliphatic heterocycles. The molecule has 0 unspecified atom stereocenters. The Bertz CT molecular complexity index is 1130. The molecule has 0 radical (unpaired) electrons. The standard InChI is InChI=1S/C20H20FN2O6PS/c1-12(2)29-16-8-14(19(24)23-20-22-10-18(21)31-20)7-15(9-16)28-11-13-4-3-5-17(6-13)30(25,26)27/h3-10,12H,11H2,1-2H3,(H,22,23,24)(H2,25,26,27). The van der Waals surface area contributed by atoms with Crippen molar-refractivity contribution in [3.8, 4) is 11.5 Å². The van der Waals surface area contributed by atoms with Crippen LogP contribution in [0.4, 0.5) is 9.52 Å². The lowest BCUT2D eigenvalue weighted by atomic mass is 10.2. The highest BCUT2D eigenvalue weighted by Crippen LogP contribution is 2.33. The van der Waals surface area contributed by atoms with Crippen molar-refractivity contribution in [2.45, 2.75) is 26.6 Å². The third-order valence-corrected chi connectivity index (χ3v) is 5.52. The number of anilines is 1. The number of hydrogen-bond donors (Lipinski definition) is 3. The van der Waals surface area contributed by atoms with E-state index in [1.54, 1.807) is 12.1 Å². The molecule has 31 heavy (non-hydrogen) atoms. The van der Waals surface area contributed by atoms with E-state index in [0.717, 1.165) is 6.20 Å². The van der Waals surface area contributed by atoms with Crippen molar-refractivity contribution >= 4 is 35.3 Å². The molecule has 11 heteroatoms. The Hall–Kier alpha value is -2.78. The number of halogens is 1. The first kappa shape index (κ1) is 22.9. The number of nitrogens with zero attached hydrogens (tertiary/aromatic N) is 1. The van der Waals surface area contributed by atoms with Gasteiger partial charge in [-0.25, -0.2) is 4.98 Å². The number of rotatable bonds is 8. The van der Waals surface area contributed by atoms with Crippen molar-refractivity contribution in [1.29, 1.82) is 0 Å². The zero-order chi connectivity index (χ0) is 22.6. The van der Waals surface area contributed by atoms with Gasteiger partial charge in [-0.2, -0.15) is 4.39 Å². The van der Waals surface area contributed by atoms with E-state index in [1.807, 2.05) is 13.8 Å². The first-order valence-electron chi connectivity index (χ1n) is 9.12. The zero-order valence-electron chi connectivity index (χ0n) is 16.6. The van der Waals surface area contributed by atoms with Gasteiger partial charge in [0, 0.05) is 11.6 Å². The summed E-state index contributed by atoms with van der Waals surface area (Å²) in [5.41, 5.74) is 0.757. The Morgan fingerprint density at radius 2 is 1.97 bits per heavy atom. The van der Waals surface area contributed by atoms with Crippen LogP contribution in [0, 0.1) is 5.13 Å². The minimum absolute atomic E-state index is 0.0116. The number of nitrogens with one attached hydrogen (secondary N) is 1. The molecule has 3 N–H and O–H groups in total. The van der Waals surface area contributed by atoms with E-state index in [9.17, 15) is 23.5 Å². The number of hydrogen-bond acceptors (Lipinski definition) is 6. The summed E-state index contributed by atoms with van der Waals surface area (Å²) in [6, 6.07) is 10.5. The summed E-state index contributed by atoms with van der Waals surface area (Å²) in [4.78, 5) is 35.0. The molecule has 3 aromatic rings. The summed E-state index contributed by atoms with van der Waals surface area (Å²) in [7, 11) is -4.38. The highest BCUT2D eigenvalue weighted by Gasteiger charge is 2.17. The van der Waals surface area contributed by atoms with E-state index in [-0.39, 0.29) is 28.7 Å². The molecule has 0 aliphatic rings. The lowest BCUT2D eigenvalue weighted by Gasteiger charge is -2.14. The van der Waals surface area contributed by atoms with Gasteiger partial charge in [0.05, 0.1) is 17.6 Å². The number of ether oxygens (including phenoxy) is 2. The van der Waals surface area contributed by atoms with Gasteiger partial charge in [-0.15, -0.1) is 0 Å². The maximum atomic E-state index is 13.1. The molecule has 0 spiro atoms. The van der Waals surface area contributed by atoms with Crippen LogP contribution in [0.1, 0.15) is 29.8 Å². The monoisotopic (exact) mass is 466 g/mol. The SMILES string of the molecule is CC(C)Oc1cc(OCc2cccc(P(=O)(O)O)c2)cc(C(=O)Nc2ncc(F)s2)c1. The predicted molar refractivity (Wildman–Crippen MR) is 115 cm³/mol. The second-order valence-electron chi connectivity index (χ2n) is 6.79. The molecule has 0 aliphatic carbocycles. The van der Waals surface area contributed by atoms with Gasteiger partial charge < -0.3 is 19.3 Å². The van der Waals surface area contributed by atoms with Crippen molar-refractivity contribution in [1.82, 2.24) is 4.98 Å². The van der Waals surface area contributed by atoms with Gasteiger partial charge in [-0.05, 0) is 43.7 Å². The fourth-order valence-electron chi connectivity index (χ4n) is 2.60. The van der Waals surface area contributed by atoms with Gasteiger partial charge in [0.15, 0.2) is 10.3 Å². The first-order chi connectivity index (χ1) is 14.6. The van der Waals surface area contributed by atoms with Crippen LogP contribution in [0.25, 0.3) is 0 Å². The molecular weight excluding hydrogens is 446 g/mol. The largest absolute Gasteiger partial charge is 0.491 e. The topological polar surface area (TPSA) is 118 Å². The van der Waals surface area contributed by atoms with Gasteiger partial charge in [0.2, 0.25) is 0 Å². The Morgan fingerprint density at radius 1 is 1.23 bits per heavy atom. The van der Waals surface area contributed by atoms with E-state index in [0.29, 0.717) is 28.4 Å². The molecule has 0 saturated carbocycles. The molecule has 0 saturated heterocycles. The molecule has 0 bridgehead atoms. The molecule has 2 aromatic carbocycles. The predicted octanol–water partition coefficient (Wildman–Crippen LogP) is 3.70. The molecular formula is C20H20FN2O6PS. The van der Waals surface area contributed by atoms with Crippen LogP contribution < -0.4 is 20.1 Å². The Balaban J connectivity index is 1.81. The second-order valence-corrected chi connectivity index (χ2v) is 9.37. The normalized spacial score (nSPS) is 11.4. The van der Waals surface area contributed by atoms with Crippen LogP contribution >= 0.6 is 18.9 Å². The minimum atomic E-state index is -4.38. The second kappa shape index (κ2) is 9.57. The Morgan fingerprint density at radius 3 is 2.61 bits per heavy atom. The average Bonchev–Trinajstić information content (AvgIpc) is 3.10. The van der Waals surface area contributed by atoms with Gasteiger partial charge in [-0.1, -0.05) is 23.5 Å². The summed E-state index contributed by atoms with van der Waals surface area (Å²) in [6.45, 7) is 3.68. The summed E-state index contributed by atoms with van der Waals surface area (Å²) in [6.07, 6.45) is 0.859. The Labute approximate surface area is 181 Å². The summed E-state index contributed by atoms with van der Waals surface area (Å²) in [5.74, 6) is 0.194. The molecule has 1 aromatic heterocycles. The third-order valence-electron chi connectivity index (χ3n) is 3.86. The fraction of sp³-hybridized carbons (Fsp3) is 0.200. The van der Waals surface area contributed by atoms with E-state index < -0.39 is 18.6 Å². The van der Waals surface area contributed by atoms with Crippen LogP contribution in [0.2, 0.25) is 0 Å². The lowest BCUT2D eigenvalue weighted by Crippen LogP contribution is -2.13. The number of benzene rings is 2. The highest BCUT2D eigenvalue weighted by atomic mass is 32.1. The molecule has 8 nitrogen and oxygen atoms in total. The summed E-state index contributed by atoms with van der Waals surface area (Å²) < 4.78 is 36.0. The van der Waals surface area contributed by atoms with Crippen LogP contribution in [-0.4, -0.2) is 26.8 Å². The average molecular weight is 466 g/mol. The molecule has 1 heterocycles. The van der Waals surface area contributed by atoms with E-state index in [4.69, 9.17) is 9.47 Å². The minimum Gasteiger partial charge on any atom is -0.491 e. The van der Waals surface area contributed by atoms with Crippen molar-refractivity contribution in [3.63, 3.8) is 0 Å². The van der Waals surface area contributed by atoms with Crippen LogP contribution in [0.5, 0.6) is 11.5 Å². The van der Waals surface area contributed by atoms with Gasteiger partial charge in [0.1, 0.15) is 18.1 Å². The fourth-order valence-corrected chi connectivity index (χ4v) is 3.76. The van der Waals surface area contributed by atoms with Crippen molar-refractivity contribution in [2.75, 3.05) is 5.32 Å². The van der Waals surface area contributed by atoms with Crippen LogP contribution in [0.3, 0.4) is 0 Å². The van der Waals surface area contributed by atoms with Crippen LogP contribution in [0.15, 0.2) is 48.7 Å². The van der Waals surface area contributed by atoms with E-state index in [2.05, 4.69) is 10.3 Å².